The molecule has 8 heteroatoms. The number of anilines is 1. The second-order valence-electron chi connectivity index (χ2n) is 6.32. The first-order valence-corrected chi connectivity index (χ1v) is 10.00. The Bertz CT molecular complexity index is 939. The van der Waals surface area contributed by atoms with Crippen LogP contribution >= 0.6 is 0 Å². The fraction of sp³-hybridized carbons (Fsp3) is 0.278. The molecule has 26 heavy (non-hydrogen) atoms. The number of hydrogen-bond donors (Lipinski definition) is 2. The summed E-state index contributed by atoms with van der Waals surface area (Å²) in [4.78, 5) is 28.6. The molecule has 0 bridgehead atoms. The largest absolute Gasteiger partial charge is 0.347 e. The van der Waals surface area contributed by atoms with E-state index in [0.29, 0.717) is 17.7 Å². The van der Waals surface area contributed by atoms with Gasteiger partial charge in [0.05, 0.1) is 11.5 Å². The van der Waals surface area contributed by atoms with Crippen molar-refractivity contribution < 1.29 is 18.0 Å². The summed E-state index contributed by atoms with van der Waals surface area (Å²) < 4.78 is 23.0. The van der Waals surface area contributed by atoms with Gasteiger partial charge in [-0.05, 0) is 37.6 Å². The molecule has 3 rings (SSSR count). The van der Waals surface area contributed by atoms with Crippen LogP contribution in [0.4, 0.5) is 5.69 Å². The first-order chi connectivity index (χ1) is 12.3. The van der Waals surface area contributed by atoms with E-state index >= 15 is 0 Å². The Labute approximate surface area is 151 Å². The number of nitrogens with one attached hydrogen (secondary N) is 2. The van der Waals surface area contributed by atoms with Crippen molar-refractivity contribution in [2.45, 2.75) is 19.4 Å². The van der Waals surface area contributed by atoms with Crippen LogP contribution < -0.4 is 10.6 Å². The van der Waals surface area contributed by atoms with Crippen LogP contribution in [0, 0.1) is 6.92 Å². The van der Waals surface area contributed by atoms with Crippen LogP contribution in [0.25, 0.3) is 0 Å². The minimum atomic E-state index is -3.08. The van der Waals surface area contributed by atoms with Gasteiger partial charge in [0.2, 0.25) is 0 Å². The maximum absolute atomic E-state index is 12.4. The standard InChI is InChI=1S/C18H19N3O4S/c1-12-2-4-14(5-3-12)20-17(22)13-6-8-19-16(10-13)18(23)21-15-7-9-26(24,25)11-15/h2-6,8,10,15H,7,9,11H2,1H3,(H,20,22)(H,21,23). The lowest BCUT2D eigenvalue weighted by molar-refractivity contribution is 0.0936. The Morgan fingerprint density at radius 2 is 1.85 bits per heavy atom. The van der Waals surface area contributed by atoms with Gasteiger partial charge in [0, 0.05) is 23.5 Å². The van der Waals surface area contributed by atoms with Crippen molar-refractivity contribution in [1.82, 2.24) is 10.3 Å². The van der Waals surface area contributed by atoms with Crippen LogP contribution in [-0.4, -0.2) is 42.8 Å². The van der Waals surface area contributed by atoms with Crippen molar-refractivity contribution >= 4 is 27.3 Å². The summed E-state index contributed by atoms with van der Waals surface area (Å²) in [6.45, 7) is 1.95. The molecule has 136 valence electrons. The molecule has 2 amide bonds. The van der Waals surface area contributed by atoms with Crippen molar-refractivity contribution in [2.75, 3.05) is 16.8 Å². The molecule has 1 aliphatic heterocycles. The van der Waals surface area contributed by atoms with E-state index in [2.05, 4.69) is 15.6 Å². The van der Waals surface area contributed by atoms with E-state index in [9.17, 15) is 18.0 Å². The minimum Gasteiger partial charge on any atom is -0.347 e. The van der Waals surface area contributed by atoms with Crippen molar-refractivity contribution in [3.05, 3.63) is 59.4 Å². The third-order valence-corrected chi connectivity index (χ3v) is 5.90. The zero-order chi connectivity index (χ0) is 18.7. The summed E-state index contributed by atoms with van der Waals surface area (Å²) in [5, 5.41) is 5.42. The van der Waals surface area contributed by atoms with Crippen LogP contribution in [0.3, 0.4) is 0 Å². The smallest absolute Gasteiger partial charge is 0.270 e. The highest BCUT2D eigenvalue weighted by molar-refractivity contribution is 7.91. The SMILES string of the molecule is Cc1ccc(NC(=O)c2ccnc(C(=O)NC3CCS(=O)(=O)C3)c2)cc1. The maximum Gasteiger partial charge on any atom is 0.270 e. The molecule has 7 nitrogen and oxygen atoms in total. The van der Waals surface area contributed by atoms with E-state index in [1.807, 2.05) is 19.1 Å². The number of carbonyl (C=O) groups excluding carboxylic acids is 2. The van der Waals surface area contributed by atoms with E-state index in [1.165, 1.54) is 18.3 Å². The fourth-order valence-electron chi connectivity index (χ4n) is 2.70. The van der Waals surface area contributed by atoms with Gasteiger partial charge in [-0.15, -0.1) is 0 Å². The summed E-state index contributed by atoms with van der Waals surface area (Å²) in [5.41, 5.74) is 2.11. The second-order valence-corrected chi connectivity index (χ2v) is 8.55. The predicted octanol–water partition coefficient (Wildman–Crippen LogP) is 1.56. The zero-order valence-electron chi connectivity index (χ0n) is 14.2. The maximum atomic E-state index is 12.4. The number of benzene rings is 1. The van der Waals surface area contributed by atoms with E-state index < -0.39 is 21.8 Å². The van der Waals surface area contributed by atoms with Crippen molar-refractivity contribution in [3.63, 3.8) is 0 Å². The molecule has 2 N–H and O–H groups in total. The molecule has 0 spiro atoms. The van der Waals surface area contributed by atoms with Gasteiger partial charge in [-0.2, -0.15) is 0 Å². The third-order valence-electron chi connectivity index (χ3n) is 4.13. The number of nitrogens with zero attached hydrogens (tertiary/aromatic N) is 1. The Morgan fingerprint density at radius 1 is 1.12 bits per heavy atom. The molecule has 0 radical (unpaired) electrons. The van der Waals surface area contributed by atoms with Gasteiger partial charge < -0.3 is 10.6 Å². The quantitative estimate of drug-likeness (QED) is 0.846. The van der Waals surface area contributed by atoms with E-state index in [1.54, 1.807) is 12.1 Å². The average molecular weight is 373 g/mol. The van der Waals surface area contributed by atoms with Crippen molar-refractivity contribution in [2.24, 2.45) is 0 Å². The van der Waals surface area contributed by atoms with Crippen LogP contribution in [0.15, 0.2) is 42.6 Å². The lowest BCUT2D eigenvalue weighted by Crippen LogP contribution is -2.36. The molecular weight excluding hydrogens is 354 g/mol. The Morgan fingerprint density at radius 3 is 2.50 bits per heavy atom. The van der Waals surface area contributed by atoms with Crippen LogP contribution in [0.1, 0.15) is 32.8 Å². The summed E-state index contributed by atoms with van der Waals surface area (Å²) in [6.07, 6.45) is 1.77. The molecule has 0 saturated carbocycles. The number of carbonyl (C=O) groups is 2. The number of hydrogen-bond acceptors (Lipinski definition) is 5. The number of aryl methyl sites for hydroxylation is 1. The van der Waals surface area contributed by atoms with Gasteiger partial charge in [-0.3, -0.25) is 14.6 Å². The highest BCUT2D eigenvalue weighted by Gasteiger charge is 2.29. The number of aromatic nitrogens is 1. The molecule has 1 aromatic carbocycles. The second kappa shape index (κ2) is 7.25. The lowest BCUT2D eigenvalue weighted by Gasteiger charge is -2.11. The third kappa shape index (κ3) is 4.45. The van der Waals surface area contributed by atoms with Crippen LogP contribution in [0.5, 0.6) is 0 Å². The van der Waals surface area contributed by atoms with E-state index in [4.69, 9.17) is 0 Å². The molecule has 1 saturated heterocycles. The number of amides is 2. The molecule has 1 aromatic heterocycles. The van der Waals surface area contributed by atoms with Gasteiger partial charge >= 0.3 is 0 Å². The minimum absolute atomic E-state index is 0.0632. The van der Waals surface area contributed by atoms with Gasteiger partial charge in [-0.25, -0.2) is 8.42 Å². The number of pyridine rings is 1. The Kier molecular flexibility index (Phi) is 5.03. The Hall–Kier alpha value is -2.74. The first-order valence-electron chi connectivity index (χ1n) is 8.18. The highest BCUT2D eigenvalue weighted by atomic mass is 32.2. The summed E-state index contributed by atoms with van der Waals surface area (Å²) in [7, 11) is -3.08. The summed E-state index contributed by atoms with van der Waals surface area (Å²) in [6, 6.07) is 9.85. The zero-order valence-corrected chi connectivity index (χ0v) is 15.0. The molecule has 2 heterocycles. The van der Waals surface area contributed by atoms with Crippen molar-refractivity contribution in [3.8, 4) is 0 Å². The number of rotatable bonds is 4. The van der Waals surface area contributed by atoms with Crippen molar-refractivity contribution in [1.29, 1.82) is 0 Å². The lowest BCUT2D eigenvalue weighted by atomic mass is 10.1. The van der Waals surface area contributed by atoms with Gasteiger partial charge in [0.15, 0.2) is 9.84 Å². The van der Waals surface area contributed by atoms with Gasteiger partial charge in [0.1, 0.15) is 5.69 Å². The van der Waals surface area contributed by atoms with E-state index in [0.717, 1.165) is 5.56 Å². The first kappa shape index (κ1) is 18.1. The highest BCUT2D eigenvalue weighted by Crippen LogP contribution is 2.13. The molecule has 1 aliphatic rings. The molecule has 1 unspecified atom stereocenters. The van der Waals surface area contributed by atoms with E-state index in [-0.39, 0.29) is 23.1 Å². The predicted molar refractivity (Wildman–Crippen MR) is 97.9 cm³/mol. The van der Waals surface area contributed by atoms with Crippen LogP contribution in [-0.2, 0) is 9.84 Å². The normalized spacial score (nSPS) is 18.3. The van der Waals surface area contributed by atoms with Gasteiger partial charge in [-0.1, -0.05) is 17.7 Å². The Balaban J connectivity index is 1.68. The molecule has 1 fully saturated rings. The molecule has 0 aliphatic carbocycles. The molecular formula is C18H19N3O4S. The summed E-state index contributed by atoms with van der Waals surface area (Å²) in [5.74, 6) is -0.831. The molecule has 2 aromatic rings. The fourth-order valence-corrected chi connectivity index (χ4v) is 4.38. The number of sulfone groups is 1. The topological polar surface area (TPSA) is 105 Å². The summed E-state index contributed by atoms with van der Waals surface area (Å²) >= 11 is 0. The monoisotopic (exact) mass is 373 g/mol. The molecule has 1 atom stereocenters. The van der Waals surface area contributed by atoms with Crippen LogP contribution in [0.2, 0.25) is 0 Å². The van der Waals surface area contributed by atoms with Gasteiger partial charge in [0.25, 0.3) is 11.8 Å². The average Bonchev–Trinajstić information content (AvgIpc) is 2.95.